The zero-order valence-electron chi connectivity index (χ0n) is 16.0. The number of carbonyl (C=O) groups excluding carboxylic acids is 2. The van der Waals surface area contributed by atoms with Gasteiger partial charge in [0, 0.05) is 12.6 Å². The van der Waals surface area contributed by atoms with Gasteiger partial charge in [-0.05, 0) is 42.0 Å². The van der Waals surface area contributed by atoms with Crippen molar-refractivity contribution in [2.24, 2.45) is 0 Å². The highest BCUT2D eigenvalue weighted by atomic mass is 35.5. The molecule has 8 heteroatoms. The van der Waals surface area contributed by atoms with Crippen LogP contribution < -0.4 is 24.8 Å². The van der Waals surface area contributed by atoms with Crippen molar-refractivity contribution < 1.29 is 23.8 Å². The molecule has 2 N–H and O–H groups in total. The molecule has 0 saturated heterocycles. The van der Waals surface area contributed by atoms with Crippen LogP contribution >= 0.6 is 11.6 Å². The quantitative estimate of drug-likeness (QED) is 0.690. The van der Waals surface area contributed by atoms with Crippen molar-refractivity contribution in [1.29, 1.82) is 0 Å². The number of benzene rings is 2. The summed E-state index contributed by atoms with van der Waals surface area (Å²) in [6.45, 7) is 1.32. The van der Waals surface area contributed by atoms with E-state index in [4.69, 9.17) is 25.8 Å². The van der Waals surface area contributed by atoms with Crippen LogP contribution in [0, 0.1) is 0 Å². The first kappa shape index (κ1) is 21.1. The lowest BCUT2D eigenvalue weighted by atomic mass is 10.1. The highest BCUT2D eigenvalue weighted by Crippen LogP contribution is 2.29. The van der Waals surface area contributed by atoms with Gasteiger partial charge in [-0.1, -0.05) is 17.7 Å². The molecule has 0 atom stereocenters. The molecular formula is C20H21ClN2O5. The summed E-state index contributed by atoms with van der Waals surface area (Å²) >= 11 is 6.08. The topological polar surface area (TPSA) is 85.9 Å². The zero-order chi connectivity index (χ0) is 20.7. The summed E-state index contributed by atoms with van der Waals surface area (Å²) in [5.41, 5.74) is 1.16. The van der Waals surface area contributed by atoms with Crippen LogP contribution in [0.25, 0.3) is 6.08 Å². The smallest absolute Gasteiger partial charge is 0.272 e. The Kier molecular flexibility index (Phi) is 7.28. The van der Waals surface area contributed by atoms with E-state index < -0.39 is 5.91 Å². The van der Waals surface area contributed by atoms with Crippen molar-refractivity contribution in [2.45, 2.75) is 6.92 Å². The monoisotopic (exact) mass is 404 g/mol. The largest absolute Gasteiger partial charge is 0.495 e. The Bertz CT molecular complexity index is 911. The van der Waals surface area contributed by atoms with Crippen molar-refractivity contribution in [1.82, 2.24) is 5.32 Å². The number of halogens is 1. The minimum absolute atomic E-state index is 0.0617. The SMILES string of the molecule is COc1ccc(NC(=O)C(=Cc2ccc(OC)c(OC)c2)NC(C)=O)cc1Cl. The van der Waals surface area contributed by atoms with E-state index in [9.17, 15) is 9.59 Å². The van der Waals surface area contributed by atoms with E-state index in [0.717, 1.165) is 0 Å². The van der Waals surface area contributed by atoms with E-state index in [1.54, 1.807) is 36.4 Å². The Morgan fingerprint density at radius 2 is 1.57 bits per heavy atom. The minimum Gasteiger partial charge on any atom is -0.495 e. The lowest BCUT2D eigenvalue weighted by molar-refractivity contribution is -0.120. The molecule has 2 aromatic carbocycles. The Morgan fingerprint density at radius 1 is 0.929 bits per heavy atom. The fraction of sp³-hybridized carbons (Fsp3) is 0.200. The summed E-state index contributed by atoms with van der Waals surface area (Å²) in [5.74, 6) is 0.655. The first-order valence-corrected chi connectivity index (χ1v) is 8.62. The third kappa shape index (κ3) is 5.40. The molecule has 0 bridgehead atoms. The van der Waals surface area contributed by atoms with Crippen LogP contribution in [0.3, 0.4) is 0 Å². The summed E-state index contributed by atoms with van der Waals surface area (Å²) in [4.78, 5) is 24.2. The lowest BCUT2D eigenvalue weighted by Gasteiger charge is -2.12. The first-order chi connectivity index (χ1) is 13.4. The van der Waals surface area contributed by atoms with Crippen LogP contribution in [-0.4, -0.2) is 33.1 Å². The van der Waals surface area contributed by atoms with Crippen LogP contribution in [-0.2, 0) is 9.59 Å². The molecule has 0 heterocycles. The molecule has 0 saturated carbocycles. The van der Waals surface area contributed by atoms with Crippen molar-refractivity contribution in [3.05, 3.63) is 52.7 Å². The number of hydrogen-bond acceptors (Lipinski definition) is 5. The first-order valence-electron chi connectivity index (χ1n) is 8.24. The minimum atomic E-state index is -0.508. The Balaban J connectivity index is 2.32. The highest BCUT2D eigenvalue weighted by molar-refractivity contribution is 6.32. The average molecular weight is 405 g/mol. The van der Waals surface area contributed by atoms with E-state index in [2.05, 4.69) is 10.6 Å². The normalized spacial score (nSPS) is 10.8. The summed E-state index contributed by atoms with van der Waals surface area (Å²) in [5, 5.41) is 5.58. The zero-order valence-corrected chi connectivity index (χ0v) is 16.7. The maximum atomic E-state index is 12.7. The van der Waals surface area contributed by atoms with Crippen LogP contribution in [0.5, 0.6) is 17.2 Å². The molecule has 0 aliphatic rings. The van der Waals surface area contributed by atoms with Crippen LogP contribution in [0.4, 0.5) is 5.69 Å². The van der Waals surface area contributed by atoms with Crippen LogP contribution in [0.1, 0.15) is 12.5 Å². The van der Waals surface area contributed by atoms with Crippen molar-refractivity contribution in [3.63, 3.8) is 0 Å². The predicted octanol–water partition coefficient (Wildman–Crippen LogP) is 3.48. The number of anilines is 1. The molecule has 7 nitrogen and oxygen atoms in total. The van der Waals surface area contributed by atoms with Gasteiger partial charge in [0.25, 0.3) is 5.91 Å². The number of hydrogen-bond donors (Lipinski definition) is 2. The molecule has 2 amide bonds. The predicted molar refractivity (Wildman–Crippen MR) is 108 cm³/mol. The molecule has 148 valence electrons. The highest BCUT2D eigenvalue weighted by Gasteiger charge is 2.14. The number of ether oxygens (including phenoxy) is 3. The van der Waals surface area contributed by atoms with Crippen molar-refractivity contribution in [3.8, 4) is 17.2 Å². The molecule has 0 aromatic heterocycles. The maximum absolute atomic E-state index is 12.7. The van der Waals surface area contributed by atoms with Gasteiger partial charge in [0.05, 0.1) is 26.4 Å². The van der Waals surface area contributed by atoms with E-state index in [1.807, 2.05) is 0 Å². The maximum Gasteiger partial charge on any atom is 0.272 e. The second-order valence-corrected chi connectivity index (χ2v) is 6.06. The van der Waals surface area contributed by atoms with E-state index in [-0.39, 0.29) is 11.6 Å². The van der Waals surface area contributed by atoms with Crippen molar-refractivity contribution >= 4 is 35.2 Å². The summed E-state index contributed by atoms with van der Waals surface area (Å²) in [7, 11) is 4.55. The van der Waals surface area contributed by atoms with E-state index in [0.29, 0.717) is 33.5 Å². The van der Waals surface area contributed by atoms with Crippen LogP contribution in [0.15, 0.2) is 42.1 Å². The fourth-order valence-corrected chi connectivity index (χ4v) is 2.66. The molecule has 0 aliphatic heterocycles. The Hall–Kier alpha value is -3.19. The average Bonchev–Trinajstić information content (AvgIpc) is 2.67. The van der Waals surface area contributed by atoms with Gasteiger partial charge < -0.3 is 24.8 Å². The molecular weight excluding hydrogens is 384 g/mol. The molecule has 2 aromatic rings. The molecule has 0 unspecified atom stereocenters. The summed E-state index contributed by atoms with van der Waals surface area (Å²) in [6.07, 6.45) is 1.53. The molecule has 2 rings (SSSR count). The molecule has 0 aliphatic carbocycles. The third-order valence-corrected chi connectivity index (χ3v) is 3.98. The lowest BCUT2D eigenvalue weighted by Crippen LogP contribution is -2.28. The molecule has 0 radical (unpaired) electrons. The van der Waals surface area contributed by atoms with E-state index >= 15 is 0 Å². The number of methoxy groups -OCH3 is 3. The van der Waals surface area contributed by atoms with Crippen LogP contribution in [0.2, 0.25) is 5.02 Å². The Labute approximate surface area is 168 Å². The van der Waals surface area contributed by atoms with E-state index in [1.165, 1.54) is 34.3 Å². The molecule has 28 heavy (non-hydrogen) atoms. The Morgan fingerprint density at radius 3 is 2.14 bits per heavy atom. The van der Waals surface area contributed by atoms with Gasteiger partial charge in [-0.3, -0.25) is 9.59 Å². The van der Waals surface area contributed by atoms with Gasteiger partial charge >= 0.3 is 0 Å². The second kappa shape index (κ2) is 9.66. The molecule has 0 spiro atoms. The van der Waals surface area contributed by atoms with Gasteiger partial charge in [0.2, 0.25) is 5.91 Å². The third-order valence-electron chi connectivity index (χ3n) is 3.68. The van der Waals surface area contributed by atoms with Gasteiger partial charge in [-0.2, -0.15) is 0 Å². The van der Waals surface area contributed by atoms with Gasteiger partial charge in [0.1, 0.15) is 11.4 Å². The van der Waals surface area contributed by atoms with Crippen molar-refractivity contribution in [2.75, 3.05) is 26.6 Å². The van der Waals surface area contributed by atoms with Gasteiger partial charge in [-0.25, -0.2) is 0 Å². The molecule has 0 fully saturated rings. The summed E-state index contributed by atoms with van der Waals surface area (Å²) in [6, 6.07) is 9.97. The van der Waals surface area contributed by atoms with Gasteiger partial charge in [0.15, 0.2) is 11.5 Å². The standard InChI is InChI=1S/C20H21ClN2O5/c1-12(24)22-16(9-13-5-7-18(27-3)19(10-13)28-4)20(25)23-14-6-8-17(26-2)15(21)11-14/h5-11H,1-4H3,(H,22,24)(H,23,25). The number of amides is 2. The second-order valence-electron chi connectivity index (χ2n) is 5.66. The summed E-state index contributed by atoms with van der Waals surface area (Å²) < 4.78 is 15.6. The number of nitrogens with one attached hydrogen (secondary N) is 2. The number of carbonyl (C=O) groups is 2. The fourth-order valence-electron chi connectivity index (χ4n) is 2.40. The van der Waals surface area contributed by atoms with Gasteiger partial charge in [-0.15, -0.1) is 0 Å². The number of rotatable bonds is 7.